The Morgan fingerprint density at radius 2 is 1.17 bits per heavy atom. The summed E-state index contributed by atoms with van der Waals surface area (Å²) in [6.45, 7) is 0. The van der Waals surface area contributed by atoms with Crippen molar-refractivity contribution in [1.82, 2.24) is 5.32 Å². The number of hydrogen-bond acceptors (Lipinski definition) is 4. The van der Waals surface area contributed by atoms with Crippen LogP contribution in [0.5, 0.6) is 0 Å². The minimum atomic E-state index is -0.253. The van der Waals surface area contributed by atoms with Crippen LogP contribution in [0.4, 0.5) is 0 Å². The molecule has 6 aromatic rings. The highest BCUT2D eigenvalue weighted by molar-refractivity contribution is 6.19. The van der Waals surface area contributed by atoms with Crippen molar-refractivity contribution in [3.8, 4) is 28.3 Å². The van der Waals surface area contributed by atoms with E-state index in [1.54, 1.807) is 0 Å². The van der Waals surface area contributed by atoms with Crippen LogP contribution in [0.25, 0.3) is 33.0 Å². The summed E-state index contributed by atoms with van der Waals surface area (Å²) in [4.78, 5) is 10.2. The largest absolute Gasteiger partial charge is 0.344 e. The fraction of sp³-hybridized carbons (Fsp3) is 0.0263. The Kier molecular flexibility index (Phi) is 6.60. The van der Waals surface area contributed by atoms with Gasteiger partial charge in [-0.05, 0) is 62.9 Å². The molecule has 0 radical (unpaired) electrons. The van der Waals surface area contributed by atoms with Gasteiger partial charge in [-0.2, -0.15) is 5.26 Å². The van der Waals surface area contributed by atoms with Gasteiger partial charge in [0.25, 0.3) is 0 Å². The van der Waals surface area contributed by atoms with Crippen LogP contribution < -0.4 is 5.32 Å². The standard InChI is InChI=1S/C38H26N4/c39-25-26-18-20-27(21-19-26)30-14-9-15-31(24-30)32-22-23-35(34-17-8-7-16-33(32)34)38-41-36(28-10-3-1-4-11-28)40-37(42-38)29-12-5-2-6-13-29/h1-24,36H,(H,40,41,42). The zero-order valence-corrected chi connectivity index (χ0v) is 22.8. The molecule has 0 spiro atoms. The maximum Gasteiger partial charge on any atom is 0.160 e. The van der Waals surface area contributed by atoms with E-state index in [2.05, 4.69) is 96.3 Å². The van der Waals surface area contributed by atoms with E-state index >= 15 is 0 Å². The number of nitriles is 1. The lowest BCUT2D eigenvalue weighted by Gasteiger charge is -2.24. The summed E-state index contributed by atoms with van der Waals surface area (Å²) in [5.74, 6) is 1.51. The highest BCUT2D eigenvalue weighted by atomic mass is 15.2. The molecule has 1 atom stereocenters. The smallest absolute Gasteiger partial charge is 0.160 e. The Labute approximate surface area is 245 Å². The first-order valence-corrected chi connectivity index (χ1v) is 13.9. The molecule has 198 valence electrons. The molecule has 0 amide bonds. The Balaban J connectivity index is 1.35. The molecule has 1 aliphatic rings. The van der Waals surface area contributed by atoms with Gasteiger partial charge in [-0.25, -0.2) is 9.98 Å². The highest BCUT2D eigenvalue weighted by Gasteiger charge is 2.22. The average Bonchev–Trinajstić information content (AvgIpc) is 3.08. The number of benzene rings is 6. The summed E-state index contributed by atoms with van der Waals surface area (Å²) in [5.41, 5.74) is 8.21. The maximum atomic E-state index is 9.18. The summed E-state index contributed by atoms with van der Waals surface area (Å²) in [5, 5.41) is 15.0. The first kappa shape index (κ1) is 25.2. The molecule has 6 aromatic carbocycles. The van der Waals surface area contributed by atoms with E-state index in [0.29, 0.717) is 11.4 Å². The summed E-state index contributed by atoms with van der Waals surface area (Å²) in [6.07, 6.45) is -0.253. The quantitative estimate of drug-likeness (QED) is 0.239. The van der Waals surface area contributed by atoms with Crippen molar-refractivity contribution in [2.24, 2.45) is 9.98 Å². The number of nitrogens with zero attached hydrogens (tertiary/aromatic N) is 3. The van der Waals surface area contributed by atoms with Crippen molar-refractivity contribution >= 4 is 22.4 Å². The van der Waals surface area contributed by atoms with Crippen LogP contribution in [-0.2, 0) is 0 Å². The van der Waals surface area contributed by atoms with Crippen molar-refractivity contribution in [2.45, 2.75) is 6.17 Å². The molecule has 0 saturated carbocycles. The topological polar surface area (TPSA) is 60.5 Å². The van der Waals surface area contributed by atoms with Crippen molar-refractivity contribution in [3.05, 3.63) is 168 Å². The van der Waals surface area contributed by atoms with Gasteiger partial charge in [-0.3, -0.25) is 0 Å². The van der Waals surface area contributed by atoms with Crippen LogP contribution in [0.2, 0.25) is 0 Å². The van der Waals surface area contributed by atoms with Crippen LogP contribution in [0, 0.1) is 11.3 Å². The van der Waals surface area contributed by atoms with E-state index in [4.69, 9.17) is 9.98 Å². The minimum absolute atomic E-state index is 0.253. The van der Waals surface area contributed by atoms with Crippen LogP contribution in [-0.4, -0.2) is 11.7 Å². The molecule has 0 saturated heterocycles. The third-order valence-corrected chi connectivity index (χ3v) is 7.59. The van der Waals surface area contributed by atoms with Crippen LogP contribution in [0.3, 0.4) is 0 Å². The third-order valence-electron chi connectivity index (χ3n) is 7.59. The molecule has 1 aliphatic heterocycles. The van der Waals surface area contributed by atoms with Gasteiger partial charge in [0.15, 0.2) is 5.84 Å². The third kappa shape index (κ3) is 4.85. The lowest BCUT2D eigenvalue weighted by atomic mass is 9.92. The summed E-state index contributed by atoms with van der Waals surface area (Å²) in [6, 6.07) is 51.7. The van der Waals surface area contributed by atoms with E-state index in [1.165, 1.54) is 0 Å². The predicted molar refractivity (Wildman–Crippen MR) is 171 cm³/mol. The molecule has 1 unspecified atom stereocenters. The molecule has 7 rings (SSSR count). The summed E-state index contributed by atoms with van der Waals surface area (Å²) in [7, 11) is 0. The van der Waals surface area contributed by atoms with Gasteiger partial charge in [-0.1, -0.05) is 121 Å². The number of fused-ring (bicyclic) bond motifs is 1. The zero-order chi connectivity index (χ0) is 28.3. The second-order valence-electron chi connectivity index (χ2n) is 10.2. The normalized spacial score (nSPS) is 14.4. The number of rotatable bonds is 5. The summed E-state index contributed by atoms with van der Waals surface area (Å²) < 4.78 is 0. The van der Waals surface area contributed by atoms with Crippen LogP contribution >= 0.6 is 0 Å². The van der Waals surface area contributed by atoms with Crippen molar-refractivity contribution < 1.29 is 0 Å². The molecule has 1 heterocycles. The van der Waals surface area contributed by atoms with E-state index in [9.17, 15) is 5.26 Å². The minimum Gasteiger partial charge on any atom is -0.344 e. The Bertz CT molecular complexity index is 2000. The molecule has 0 aromatic heterocycles. The molecule has 0 fully saturated rings. The van der Waals surface area contributed by atoms with Crippen molar-refractivity contribution in [2.75, 3.05) is 0 Å². The Morgan fingerprint density at radius 1 is 0.548 bits per heavy atom. The molecule has 1 N–H and O–H groups in total. The molecular weight excluding hydrogens is 512 g/mol. The molecule has 4 heteroatoms. The molecule has 0 aliphatic carbocycles. The highest BCUT2D eigenvalue weighted by Crippen LogP contribution is 2.34. The van der Waals surface area contributed by atoms with Gasteiger partial charge >= 0.3 is 0 Å². The lowest BCUT2D eigenvalue weighted by molar-refractivity contribution is 0.674. The summed E-state index contributed by atoms with van der Waals surface area (Å²) >= 11 is 0. The molecule has 4 nitrogen and oxygen atoms in total. The van der Waals surface area contributed by atoms with Crippen LogP contribution in [0.1, 0.15) is 28.4 Å². The first-order chi connectivity index (χ1) is 20.8. The number of amidine groups is 2. The average molecular weight is 539 g/mol. The number of aliphatic imine (C=N–C) groups is 2. The van der Waals surface area contributed by atoms with Gasteiger partial charge in [0.1, 0.15) is 12.0 Å². The second-order valence-corrected chi connectivity index (χ2v) is 10.2. The maximum absolute atomic E-state index is 9.18. The predicted octanol–water partition coefficient (Wildman–Crippen LogP) is 8.54. The van der Waals surface area contributed by atoms with Gasteiger partial charge in [0, 0.05) is 11.1 Å². The van der Waals surface area contributed by atoms with E-state index in [1.807, 2.05) is 60.7 Å². The molecule has 0 bridgehead atoms. The molecular formula is C38H26N4. The van der Waals surface area contributed by atoms with Crippen molar-refractivity contribution in [1.29, 1.82) is 5.26 Å². The molecule has 42 heavy (non-hydrogen) atoms. The van der Waals surface area contributed by atoms with Gasteiger partial charge in [-0.15, -0.1) is 0 Å². The Hall–Kier alpha value is -5.79. The Morgan fingerprint density at radius 3 is 1.90 bits per heavy atom. The number of hydrogen-bond donors (Lipinski definition) is 1. The van der Waals surface area contributed by atoms with E-state index in [0.717, 1.165) is 55.6 Å². The second kappa shape index (κ2) is 11.0. The monoisotopic (exact) mass is 538 g/mol. The van der Waals surface area contributed by atoms with E-state index in [-0.39, 0.29) is 6.17 Å². The van der Waals surface area contributed by atoms with E-state index < -0.39 is 0 Å². The lowest BCUT2D eigenvalue weighted by Crippen LogP contribution is -2.33. The fourth-order valence-electron chi connectivity index (χ4n) is 5.47. The van der Waals surface area contributed by atoms with Crippen molar-refractivity contribution in [3.63, 3.8) is 0 Å². The number of nitrogens with one attached hydrogen (secondary N) is 1. The van der Waals surface area contributed by atoms with Crippen LogP contribution in [0.15, 0.2) is 156 Å². The fourth-order valence-corrected chi connectivity index (χ4v) is 5.47. The first-order valence-electron chi connectivity index (χ1n) is 13.9. The van der Waals surface area contributed by atoms with Gasteiger partial charge in [0.2, 0.25) is 0 Å². The van der Waals surface area contributed by atoms with Gasteiger partial charge < -0.3 is 5.32 Å². The zero-order valence-electron chi connectivity index (χ0n) is 22.8. The SMILES string of the molecule is N#Cc1ccc(-c2cccc(-c3ccc(C4=NC(c5ccccc5)NC(c5ccccc5)=N4)c4ccccc34)c2)cc1. The van der Waals surface area contributed by atoms with Gasteiger partial charge in [0.05, 0.1) is 11.6 Å².